The summed E-state index contributed by atoms with van der Waals surface area (Å²) in [5.74, 6) is 0. The highest BCUT2D eigenvalue weighted by Gasteiger charge is 2.42. The molecule has 2 aliphatic heterocycles. The lowest BCUT2D eigenvalue weighted by molar-refractivity contribution is -0.155. The number of nitrogens with zero attached hydrogens (tertiary/aromatic N) is 1. The van der Waals surface area contributed by atoms with E-state index < -0.39 is 8.32 Å². The predicted octanol–water partition coefficient (Wildman–Crippen LogP) is 3.42. The maximum atomic E-state index is 6.47. The maximum absolute atomic E-state index is 6.47. The highest BCUT2D eigenvalue weighted by atomic mass is 28.4. The van der Waals surface area contributed by atoms with E-state index in [4.69, 9.17) is 18.6 Å². The van der Waals surface area contributed by atoms with Gasteiger partial charge >= 0.3 is 0 Å². The van der Waals surface area contributed by atoms with Crippen LogP contribution < -0.4 is 0 Å². The molecule has 2 fully saturated rings. The standard InChI is InChI=1S/C19H37NO4Si/c1-15-16(8-9-20-10-12-22-13-11-20)17(21-5)14-18(23-15)24-25(6,7)19(2,3)4/h8,15,17-18H,9-14H2,1-7H3/b16-8-/t15-,17-,18-/m0/s1. The third kappa shape index (κ3) is 5.61. The summed E-state index contributed by atoms with van der Waals surface area (Å²) < 4.78 is 23.9. The monoisotopic (exact) mass is 371 g/mol. The van der Waals surface area contributed by atoms with E-state index in [0.717, 1.165) is 39.3 Å². The molecule has 0 aromatic carbocycles. The molecule has 0 bridgehead atoms. The van der Waals surface area contributed by atoms with Crippen LogP contribution >= 0.6 is 0 Å². The normalized spacial score (nSPS) is 31.5. The van der Waals surface area contributed by atoms with Gasteiger partial charge in [0.25, 0.3) is 0 Å². The molecule has 146 valence electrons. The first kappa shape index (κ1) is 21.1. The SMILES string of the molecule is CO[C@H]1C[C@H](O[Si](C)(C)C(C)(C)C)O[C@@H](C)/C1=C/CN1CCOCC1. The van der Waals surface area contributed by atoms with E-state index in [1.54, 1.807) is 7.11 Å². The molecular formula is C19H37NO4Si. The van der Waals surface area contributed by atoms with Gasteiger partial charge in [-0.1, -0.05) is 26.8 Å². The Morgan fingerprint density at radius 1 is 1.24 bits per heavy atom. The van der Waals surface area contributed by atoms with Crippen LogP contribution in [-0.4, -0.2) is 71.7 Å². The lowest BCUT2D eigenvalue weighted by Gasteiger charge is -2.43. The third-order valence-corrected chi connectivity index (χ3v) is 10.3. The second-order valence-corrected chi connectivity index (χ2v) is 13.4. The second kappa shape index (κ2) is 8.63. The van der Waals surface area contributed by atoms with Gasteiger partial charge in [0.15, 0.2) is 14.6 Å². The number of ether oxygens (including phenoxy) is 3. The fourth-order valence-electron chi connectivity index (χ4n) is 3.06. The molecular weight excluding hydrogens is 334 g/mol. The lowest BCUT2D eigenvalue weighted by atomic mass is 9.98. The summed E-state index contributed by atoms with van der Waals surface area (Å²) in [6.45, 7) is 18.0. The van der Waals surface area contributed by atoms with Gasteiger partial charge in [-0.3, -0.25) is 4.90 Å². The van der Waals surface area contributed by atoms with Gasteiger partial charge in [-0.25, -0.2) is 0 Å². The van der Waals surface area contributed by atoms with E-state index in [1.807, 2.05) is 0 Å². The van der Waals surface area contributed by atoms with Crippen LogP contribution in [0.1, 0.15) is 34.1 Å². The Balaban J connectivity index is 2.00. The fourth-order valence-corrected chi connectivity index (χ4v) is 4.23. The van der Waals surface area contributed by atoms with Crippen molar-refractivity contribution in [3.05, 3.63) is 11.6 Å². The first-order valence-corrected chi connectivity index (χ1v) is 12.4. The molecule has 0 spiro atoms. The molecule has 2 saturated heterocycles. The van der Waals surface area contributed by atoms with Gasteiger partial charge in [0.05, 0.1) is 25.4 Å². The van der Waals surface area contributed by atoms with Crippen molar-refractivity contribution >= 4 is 8.32 Å². The van der Waals surface area contributed by atoms with Crippen molar-refractivity contribution in [3.63, 3.8) is 0 Å². The zero-order chi connectivity index (χ0) is 18.7. The summed E-state index contributed by atoms with van der Waals surface area (Å²) in [5, 5.41) is 0.175. The molecule has 0 N–H and O–H groups in total. The average molecular weight is 372 g/mol. The van der Waals surface area contributed by atoms with Gasteiger partial charge in [0.2, 0.25) is 0 Å². The quantitative estimate of drug-likeness (QED) is 0.547. The first-order valence-electron chi connectivity index (χ1n) is 9.50. The van der Waals surface area contributed by atoms with Gasteiger partial charge in [-0.05, 0) is 30.6 Å². The van der Waals surface area contributed by atoms with Crippen molar-refractivity contribution in [2.75, 3.05) is 40.0 Å². The Bertz CT molecular complexity index is 455. The van der Waals surface area contributed by atoms with E-state index >= 15 is 0 Å². The largest absolute Gasteiger partial charge is 0.392 e. The molecule has 25 heavy (non-hydrogen) atoms. The molecule has 0 unspecified atom stereocenters. The Hall–Kier alpha value is -0.243. The minimum absolute atomic E-state index is 0.0227. The summed E-state index contributed by atoms with van der Waals surface area (Å²) in [6.07, 6.45) is 2.96. The molecule has 0 aromatic rings. The molecule has 6 heteroatoms. The first-order chi connectivity index (χ1) is 11.6. The van der Waals surface area contributed by atoms with Crippen LogP contribution in [-0.2, 0) is 18.6 Å². The molecule has 2 heterocycles. The lowest BCUT2D eigenvalue weighted by Crippen LogP contribution is -2.49. The van der Waals surface area contributed by atoms with Crippen molar-refractivity contribution in [3.8, 4) is 0 Å². The fraction of sp³-hybridized carbons (Fsp3) is 0.895. The molecule has 2 rings (SSSR count). The van der Waals surface area contributed by atoms with Crippen LogP contribution in [0.3, 0.4) is 0 Å². The maximum Gasteiger partial charge on any atom is 0.195 e. The van der Waals surface area contributed by atoms with E-state index in [-0.39, 0.29) is 23.5 Å². The van der Waals surface area contributed by atoms with Gasteiger partial charge in [0.1, 0.15) is 0 Å². The van der Waals surface area contributed by atoms with Gasteiger partial charge < -0.3 is 18.6 Å². The highest BCUT2D eigenvalue weighted by molar-refractivity contribution is 6.74. The number of rotatable bonds is 5. The average Bonchev–Trinajstić information content (AvgIpc) is 2.53. The summed E-state index contributed by atoms with van der Waals surface area (Å²) >= 11 is 0. The summed E-state index contributed by atoms with van der Waals surface area (Å²) in [6, 6.07) is 0. The van der Waals surface area contributed by atoms with Crippen LogP contribution in [0.5, 0.6) is 0 Å². The number of methoxy groups -OCH3 is 1. The summed E-state index contributed by atoms with van der Waals surface area (Å²) in [7, 11) is -0.0673. The molecule has 0 radical (unpaired) electrons. The van der Waals surface area contributed by atoms with Crippen LogP contribution in [0.2, 0.25) is 18.1 Å². The molecule has 5 nitrogen and oxygen atoms in total. The minimum atomic E-state index is -1.85. The molecule has 0 aliphatic carbocycles. The molecule has 3 atom stereocenters. The van der Waals surface area contributed by atoms with E-state index in [9.17, 15) is 0 Å². The Kier molecular flexibility index (Phi) is 7.27. The number of hydrogen-bond donors (Lipinski definition) is 0. The molecule has 0 saturated carbocycles. The predicted molar refractivity (Wildman–Crippen MR) is 103 cm³/mol. The topological polar surface area (TPSA) is 40.2 Å². The summed E-state index contributed by atoms with van der Waals surface area (Å²) in [5.41, 5.74) is 1.24. The van der Waals surface area contributed by atoms with Gasteiger partial charge in [0, 0.05) is 33.2 Å². The van der Waals surface area contributed by atoms with Crippen molar-refractivity contribution in [1.29, 1.82) is 0 Å². The van der Waals surface area contributed by atoms with Crippen LogP contribution in [0.15, 0.2) is 11.6 Å². The molecule has 0 amide bonds. The summed E-state index contributed by atoms with van der Waals surface area (Å²) in [4.78, 5) is 2.41. The van der Waals surface area contributed by atoms with Crippen molar-refractivity contribution in [2.24, 2.45) is 0 Å². The van der Waals surface area contributed by atoms with Crippen molar-refractivity contribution in [1.82, 2.24) is 4.90 Å². The number of hydrogen-bond acceptors (Lipinski definition) is 5. The van der Waals surface area contributed by atoms with Gasteiger partial charge in [-0.15, -0.1) is 0 Å². The molecule has 0 aromatic heterocycles. The highest BCUT2D eigenvalue weighted by Crippen LogP contribution is 2.39. The Morgan fingerprint density at radius 3 is 2.44 bits per heavy atom. The smallest absolute Gasteiger partial charge is 0.195 e. The Labute approximate surface area is 154 Å². The second-order valence-electron chi connectivity index (χ2n) is 8.66. The van der Waals surface area contributed by atoms with Crippen LogP contribution in [0.4, 0.5) is 0 Å². The van der Waals surface area contributed by atoms with E-state index in [2.05, 4.69) is 51.8 Å². The van der Waals surface area contributed by atoms with Crippen LogP contribution in [0, 0.1) is 0 Å². The zero-order valence-electron chi connectivity index (χ0n) is 17.1. The Morgan fingerprint density at radius 2 is 1.88 bits per heavy atom. The third-order valence-electron chi connectivity index (χ3n) is 5.81. The van der Waals surface area contributed by atoms with E-state index in [1.165, 1.54) is 5.57 Å². The van der Waals surface area contributed by atoms with E-state index in [0.29, 0.717) is 0 Å². The molecule has 2 aliphatic rings. The van der Waals surface area contributed by atoms with Crippen molar-refractivity contribution in [2.45, 2.75) is 70.7 Å². The van der Waals surface area contributed by atoms with Crippen molar-refractivity contribution < 1.29 is 18.6 Å². The zero-order valence-corrected chi connectivity index (χ0v) is 18.1. The minimum Gasteiger partial charge on any atom is -0.392 e. The van der Waals surface area contributed by atoms with Gasteiger partial charge in [-0.2, -0.15) is 0 Å². The number of morpholine rings is 1. The van der Waals surface area contributed by atoms with Crippen LogP contribution in [0.25, 0.3) is 0 Å².